The van der Waals surface area contributed by atoms with Gasteiger partial charge in [0.25, 0.3) is 0 Å². The third-order valence-corrected chi connectivity index (χ3v) is 5.34. The van der Waals surface area contributed by atoms with Crippen LogP contribution in [0.15, 0.2) is 18.2 Å². The minimum Gasteiger partial charge on any atom is -0.341 e. The lowest BCUT2D eigenvalue weighted by Crippen LogP contribution is -2.50. The Kier molecular flexibility index (Phi) is 4.80. The Morgan fingerprint density at radius 2 is 1.96 bits per heavy atom. The van der Waals surface area contributed by atoms with Gasteiger partial charge in [0.05, 0.1) is 5.41 Å². The molecule has 2 aliphatic heterocycles. The number of halogens is 2. The van der Waals surface area contributed by atoms with Gasteiger partial charge in [-0.1, -0.05) is 19.9 Å². The van der Waals surface area contributed by atoms with Crippen molar-refractivity contribution in [2.75, 3.05) is 19.6 Å². The first-order valence-electron chi connectivity index (χ1n) is 8.84. The van der Waals surface area contributed by atoms with Crippen molar-refractivity contribution in [2.24, 2.45) is 11.3 Å². The lowest BCUT2D eigenvalue weighted by atomic mass is 9.78. The second kappa shape index (κ2) is 6.73. The van der Waals surface area contributed by atoms with E-state index in [1.165, 1.54) is 6.07 Å². The summed E-state index contributed by atoms with van der Waals surface area (Å²) >= 11 is 0. The highest BCUT2D eigenvalue weighted by Gasteiger charge is 2.49. The Morgan fingerprint density at radius 1 is 1.20 bits per heavy atom. The summed E-state index contributed by atoms with van der Waals surface area (Å²) in [4.78, 5) is 28.8. The van der Waals surface area contributed by atoms with E-state index in [4.69, 9.17) is 0 Å². The topological polar surface area (TPSA) is 40.6 Å². The number of hydrogen-bond acceptors (Lipinski definition) is 2. The number of nitrogens with zero attached hydrogens (tertiary/aromatic N) is 2. The number of amides is 2. The molecule has 0 aliphatic carbocycles. The molecule has 0 N–H and O–H groups in total. The Labute approximate surface area is 146 Å². The minimum absolute atomic E-state index is 0.0301. The van der Waals surface area contributed by atoms with Crippen molar-refractivity contribution in [1.29, 1.82) is 0 Å². The Morgan fingerprint density at radius 3 is 2.64 bits per heavy atom. The number of carbonyl (C=O) groups is 2. The fourth-order valence-electron chi connectivity index (χ4n) is 3.97. The van der Waals surface area contributed by atoms with E-state index < -0.39 is 17.0 Å². The van der Waals surface area contributed by atoms with Gasteiger partial charge < -0.3 is 9.80 Å². The van der Waals surface area contributed by atoms with Crippen molar-refractivity contribution in [3.05, 3.63) is 35.4 Å². The first-order chi connectivity index (χ1) is 11.8. The van der Waals surface area contributed by atoms with Crippen LogP contribution in [0.25, 0.3) is 0 Å². The Bertz CT molecular complexity index is 692. The number of likely N-dealkylation sites (tertiary alicyclic amines) is 2. The summed E-state index contributed by atoms with van der Waals surface area (Å²) < 4.78 is 26.5. The summed E-state index contributed by atoms with van der Waals surface area (Å²) in [5, 5.41) is 0. The molecule has 2 aliphatic rings. The summed E-state index contributed by atoms with van der Waals surface area (Å²) in [6.07, 6.45) is 2.32. The maximum atomic E-state index is 13.4. The van der Waals surface area contributed by atoms with E-state index in [0.29, 0.717) is 31.6 Å². The van der Waals surface area contributed by atoms with Gasteiger partial charge in [-0.2, -0.15) is 0 Å². The van der Waals surface area contributed by atoms with Crippen molar-refractivity contribution in [3.63, 3.8) is 0 Å². The average molecular weight is 350 g/mol. The molecular formula is C19H24F2N2O2. The summed E-state index contributed by atoms with van der Waals surface area (Å²) in [5.41, 5.74) is 0.0684. The summed E-state index contributed by atoms with van der Waals surface area (Å²) in [6.45, 7) is 5.70. The van der Waals surface area contributed by atoms with Gasteiger partial charge in [-0.05, 0) is 37.0 Å². The standard InChI is InChI=1S/C19H24F2N2O2/c1-13(2)17(24)23-9-7-19(12-23)6-3-8-22(18(19)25)11-14-4-5-15(20)16(21)10-14/h4-5,10,13H,3,6-9,11-12H2,1-2H3/t19-/m1/s1. The van der Waals surface area contributed by atoms with Crippen LogP contribution in [0.3, 0.4) is 0 Å². The molecule has 2 fully saturated rings. The van der Waals surface area contributed by atoms with E-state index in [1.54, 1.807) is 9.80 Å². The van der Waals surface area contributed by atoms with Crippen molar-refractivity contribution in [3.8, 4) is 0 Å². The van der Waals surface area contributed by atoms with E-state index in [9.17, 15) is 18.4 Å². The van der Waals surface area contributed by atoms with Gasteiger partial charge in [0.15, 0.2) is 11.6 Å². The number of carbonyl (C=O) groups excluding carboxylic acids is 2. The lowest BCUT2D eigenvalue weighted by Gasteiger charge is -2.39. The molecule has 0 bridgehead atoms. The lowest BCUT2D eigenvalue weighted by molar-refractivity contribution is -0.147. The van der Waals surface area contributed by atoms with E-state index >= 15 is 0 Å². The van der Waals surface area contributed by atoms with Crippen LogP contribution in [0.4, 0.5) is 8.78 Å². The highest BCUT2D eigenvalue weighted by molar-refractivity contribution is 5.86. The van der Waals surface area contributed by atoms with Crippen LogP contribution in [0, 0.1) is 23.0 Å². The number of piperidine rings is 1. The van der Waals surface area contributed by atoms with Gasteiger partial charge >= 0.3 is 0 Å². The molecule has 6 heteroatoms. The van der Waals surface area contributed by atoms with Gasteiger partial charge in [-0.15, -0.1) is 0 Å². The fraction of sp³-hybridized carbons (Fsp3) is 0.579. The molecule has 25 heavy (non-hydrogen) atoms. The minimum atomic E-state index is -0.897. The van der Waals surface area contributed by atoms with Crippen LogP contribution < -0.4 is 0 Å². The summed E-state index contributed by atoms with van der Waals surface area (Å²) in [6, 6.07) is 3.75. The zero-order valence-electron chi connectivity index (χ0n) is 14.7. The predicted molar refractivity (Wildman–Crippen MR) is 89.5 cm³/mol. The first kappa shape index (κ1) is 17.8. The predicted octanol–water partition coefficient (Wildman–Crippen LogP) is 2.96. The average Bonchev–Trinajstić information content (AvgIpc) is 2.99. The molecule has 1 aromatic rings. The van der Waals surface area contributed by atoms with Crippen molar-refractivity contribution in [1.82, 2.24) is 9.80 Å². The molecule has 2 saturated heterocycles. The maximum absolute atomic E-state index is 13.4. The smallest absolute Gasteiger partial charge is 0.230 e. The van der Waals surface area contributed by atoms with Crippen LogP contribution in [0.2, 0.25) is 0 Å². The number of benzene rings is 1. The molecule has 1 spiro atoms. The van der Waals surface area contributed by atoms with Gasteiger partial charge in [0.1, 0.15) is 0 Å². The van der Waals surface area contributed by atoms with Gasteiger partial charge in [-0.3, -0.25) is 9.59 Å². The molecule has 0 aromatic heterocycles. The molecule has 4 nitrogen and oxygen atoms in total. The van der Waals surface area contributed by atoms with Gasteiger partial charge in [0, 0.05) is 32.1 Å². The molecule has 1 atom stereocenters. The second-order valence-electron chi connectivity index (χ2n) is 7.52. The SMILES string of the molecule is CC(C)C(=O)N1CC[C@]2(CCCN(Cc3ccc(F)c(F)c3)C2=O)C1. The van der Waals surface area contributed by atoms with Crippen LogP contribution in [-0.2, 0) is 16.1 Å². The van der Waals surface area contributed by atoms with E-state index in [2.05, 4.69) is 0 Å². The van der Waals surface area contributed by atoms with E-state index in [-0.39, 0.29) is 24.3 Å². The Balaban J connectivity index is 1.73. The number of hydrogen-bond donors (Lipinski definition) is 0. The zero-order chi connectivity index (χ0) is 18.2. The first-order valence-corrected chi connectivity index (χ1v) is 8.84. The van der Waals surface area contributed by atoms with Crippen molar-refractivity contribution in [2.45, 2.75) is 39.7 Å². The number of rotatable bonds is 3. The molecule has 2 amide bonds. The molecule has 3 rings (SSSR count). The molecule has 136 valence electrons. The largest absolute Gasteiger partial charge is 0.341 e. The van der Waals surface area contributed by atoms with Crippen molar-refractivity contribution < 1.29 is 18.4 Å². The normalized spacial score (nSPS) is 23.8. The van der Waals surface area contributed by atoms with Crippen LogP contribution in [0.5, 0.6) is 0 Å². The van der Waals surface area contributed by atoms with Crippen LogP contribution in [0.1, 0.15) is 38.7 Å². The van der Waals surface area contributed by atoms with Crippen molar-refractivity contribution >= 4 is 11.8 Å². The second-order valence-corrected chi connectivity index (χ2v) is 7.52. The van der Waals surface area contributed by atoms with Gasteiger partial charge in [-0.25, -0.2) is 8.78 Å². The van der Waals surface area contributed by atoms with E-state index in [0.717, 1.165) is 25.0 Å². The third-order valence-electron chi connectivity index (χ3n) is 5.34. The van der Waals surface area contributed by atoms with Gasteiger partial charge in [0.2, 0.25) is 11.8 Å². The molecular weight excluding hydrogens is 326 g/mol. The maximum Gasteiger partial charge on any atom is 0.230 e. The molecule has 0 unspecified atom stereocenters. The zero-order valence-corrected chi connectivity index (χ0v) is 14.7. The quantitative estimate of drug-likeness (QED) is 0.841. The highest BCUT2D eigenvalue weighted by Crippen LogP contribution is 2.40. The molecule has 0 radical (unpaired) electrons. The summed E-state index contributed by atoms with van der Waals surface area (Å²) in [5.74, 6) is -1.74. The van der Waals surface area contributed by atoms with Crippen LogP contribution >= 0.6 is 0 Å². The monoisotopic (exact) mass is 350 g/mol. The van der Waals surface area contributed by atoms with E-state index in [1.807, 2.05) is 13.8 Å². The highest BCUT2D eigenvalue weighted by atomic mass is 19.2. The van der Waals surface area contributed by atoms with Crippen LogP contribution in [-0.4, -0.2) is 41.2 Å². The summed E-state index contributed by atoms with van der Waals surface area (Å²) in [7, 11) is 0. The molecule has 0 saturated carbocycles. The Hall–Kier alpha value is -1.98. The third kappa shape index (κ3) is 3.39. The molecule has 1 aromatic carbocycles. The molecule has 2 heterocycles. The fourth-order valence-corrected chi connectivity index (χ4v) is 3.97.